The first-order valence-corrected chi connectivity index (χ1v) is 8.58. The predicted molar refractivity (Wildman–Crippen MR) is 108 cm³/mol. The largest absolute Gasteiger partial charge is 0.378 e. The van der Waals surface area contributed by atoms with Gasteiger partial charge in [-0.05, 0) is 35.9 Å². The van der Waals surface area contributed by atoms with Gasteiger partial charge >= 0.3 is 0 Å². The Morgan fingerprint density at radius 3 is 2.59 bits per heavy atom. The van der Waals surface area contributed by atoms with Crippen molar-refractivity contribution in [2.45, 2.75) is 0 Å². The molecule has 3 aromatic heterocycles. The van der Waals surface area contributed by atoms with Crippen molar-refractivity contribution in [3.63, 3.8) is 0 Å². The van der Waals surface area contributed by atoms with Crippen molar-refractivity contribution in [1.82, 2.24) is 15.0 Å². The molecule has 4 aromatic rings. The highest BCUT2D eigenvalue weighted by Crippen LogP contribution is 2.28. The van der Waals surface area contributed by atoms with Crippen LogP contribution in [0.3, 0.4) is 0 Å². The van der Waals surface area contributed by atoms with E-state index in [4.69, 9.17) is 0 Å². The second kappa shape index (κ2) is 6.92. The van der Waals surface area contributed by atoms with Gasteiger partial charge in [-0.3, -0.25) is 9.78 Å². The Morgan fingerprint density at radius 1 is 1.07 bits per heavy atom. The predicted octanol–water partition coefficient (Wildman–Crippen LogP) is 3.94. The molecule has 0 bridgehead atoms. The fourth-order valence-electron chi connectivity index (χ4n) is 2.91. The summed E-state index contributed by atoms with van der Waals surface area (Å²) in [5, 5.41) is 3.79. The zero-order valence-corrected chi connectivity index (χ0v) is 15.1. The van der Waals surface area contributed by atoms with Crippen LogP contribution in [0.15, 0.2) is 67.3 Å². The number of pyridine rings is 2. The molecule has 3 heterocycles. The van der Waals surface area contributed by atoms with E-state index in [1.807, 2.05) is 26.4 Å². The van der Waals surface area contributed by atoms with Gasteiger partial charge in [-0.1, -0.05) is 12.1 Å². The smallest absolute Gasteiger partial charge is 0.257 e. The van der Waals surface area contributed by atoms with Crippen LogP contribution in [0, 0.1) is 0 Å². The first kappa shape index (κ1) is 16.8. The molecular weight excluding hydrogens is 338 g/mol. The molecule has 6 heteroatoms. The second-order valence-electron chi connectivity index (χ2n) is 6.46. The number of H-pyrrole nitrogens is 1. The number of benzene rings is 1. The van der Waals surface area contributed by atoms with Gasteiger partial charge in [-0.25, -0.2) is 4.98 Å². The van der Waals surface area contributed by atoms with Crippen LogP contribution in [0.4, 0.5) is 11.4 Å². The van der Waals surface area contributed by atoms with Gasteiger partial charge in [0.1, 0.15) is 5.65 Å². The molecule has 2 N–H and O–H groups in total. The minimum atomic E-state index is -0.204. The zero-order chi connectivity index (χ0) is 18.8. The van der Waals surface area contributed by atoms with E-state index in [2.05, 4.69) is 49.4 Å². The number of amides is 1. The van der Waals surface area contributed by atoms with Crippen LogP contribution in [-0.2, 0) is 0 Å². The second-order valence-corrected chi connectivity index (χ2v) is 6.46. The molecule has 0 radical (unpaired) electrons. The lowest BCUT2D eigenvalue weighted by Gasteiger charge is -2.12. The van der Waals surface area contributed by atoms with Gasteiger partial charge in [0.25, 0.3) is 5.91 Å². The molecule has 134 valence electrons. The number of aromatic nitrogens is 3. The third kappa shape index (κ3) is 3.37. The summed E-state index contributed by atoms with van der Waals surface area (Å²) in [6.07, 6.45) is 6.77. The van der Waals surface area contributed by atoms with E-state index in [1.165, 1.54) is 0 Å². The minimum Gasteiger partial charge on any atom is -0.378 e. The highest BCUT2D eigenvalue weighted by atomic mass is 16.1. The van der Waals surface area contributed by atoms with Crippen LogP contribution < -0.4 is 10.2 Å². The highest BCUT2D eigenvalue weighted by molar-refractivity contribution is 6.08. The lowest BCUT2D eigenvalue weighted by atomic mass is 10.1. The topological polar surface area (TPSA) is 73.9 Å². The molecule has 1 aromatic carbocycles. The maximum atomic E-state index is 12.4. The van der Waals surface area contributed by atoms with Crippen molar-refractivity contribution in [3.8, 4) is 11.1 Å². The van der Waals surface area contributed by atoms with E-state index in [0.717, 1.165) is 27.8 Å². The third-order valence-corrected chi connectivity index (χ3v) is 4.42. The van der Waals surface area contributed by atoms with Crippen molar-refractivity contribution >= 4 is 28.3 Å². The summed E-state index contributed by atoms with van der Waals surface area (Å²) >= 11 is 0. The van der Waals surface area contributed by atoms with Gasteiger partial charge in [-0.2, -0.15) is 0 Å². The Bertz CT molecular complexity index is 1080. The quantitative estimate of drug-likeness (QED) is 0.580. The standard InChI is InChI=1S/C21H19N5O/c1-26(2)17-7-5-14(6-8-17)16-10-18-19(13-24-20(18)23-12-16)25-21(27)15-4-3-9-22-11-15/h3-13H,1-2H3,(H,23,24)(H,25,27). The van der Waals surface area contributed by atoms with Gasteiger partial charge in [0.2, 0.25) is 0 Å². The zero-order valence-electron chi connectivity index (χ0n) is 15.1. The van der Waals surface area contributed by atoms with Gasteiger partial charge in [0.15, 0.2) is 0 Å². The number of nitrogens with one attached hydrogen (secondary N) is 2. The molecule has 0 aliphatic heterocycles. The van der Waals surface area contributed by atoms with Crippen LogP contribution in [0.25, 0.3) is 22.2 Å². The number of hydrogen-bond donors (Lipinski definition) is 2. The van der Waals surface area contributed by atoms with E-state index in [1.54, 1.807) is 30.7 Å². The molecule has 0 unspecified atom stereocenters. The fraction of sp³-hybridized carbons (Fsp3) is 0.0952. The minimum absolute atomic E-state index is 0.204. The number of rotatable bonds is 4. The normalized spacial score (nSPS) is 10.7. The Kier molecular flexibility index (Phi) is 4.30. The molecule has 0 aliphatic rings. The molecule has 0 spiro atoms. The van der Waals surface area contributed by atoms with Gasteiger partial charge in [0.05, 0.1) is 11.3 Å². The number of nitrogens with zero attached hydrogens (tertiary/aromatic N) is 3. The van der Waals surface area contributed by atoms with Crippen LogP contribution in [0.2, 0.25) is 0 Å². The molecular formula is C21H19N5O. The number of carbonyl (C=O) groups is 1. The van der Waals surface area contributed by atoms with Crippen LogP contribution in [0.5, 0.6) is 0 Å². The molecule has 0 atom stereocenters. The summed E-state index contributed by atoms with van der Waals surface area (Å²) < 4.78 is 0. The van der Waals surface area contributed by atoms with Crippen molar-refractivity contribution in [2.75, 3.05) is 24.3 Å². The van der Waals surface area contributed by atoms with Crippen LogP contribution in [-0.4, -0.2) is 35.0 Å². The highest BCUT2D eigenvalue weighted by Gasteiger charge is 2.11. The Morgan fingerprint density at radius 2 is 1.89 bits per heavy atom. The molecule has 0 saturated carbocycles. The average molecular weight is 357 g/mol. The molecule has 1 amide bonds. The maximum Gasteiger partial charge on any atom is 0.257 e. The number of hydrogen-bond acceptors (Lipinski definition) is 4. The SMILES string of the molecule is CN(C)c1ccc(-c2cnc3[nH]cc(NC(=O)c4cccnc4)c3c2)cc1. The van der Waals surface area contributed by atoms with Gasteiger partial charge < -0.3 is 15.2 Å². The first-order chi connectivity index (χ1) is 13.1. The first-order valence-electron chi connectivity index (χ1n) is 8.58. The van der Waals surface area contributed by atoms with Gasteiger partial charge in [0, 0.05) is 55.5 Å². The Balaban J connectivity index is 1.66. The summed E-state index contributed by atoms with van der Waals surface area (Å²) in [6, 6.07) is 13.8. The summed E-state index contributed by atoms with van der Waals surface area (Å²) in [7, 11) is 4.03. The summed E-state index contributed by atoms with van der Waals surface area (Å²) in [5.41, 5.74) is 5.13. The number of carbonyl (C=O) groups excluding carboxylic acids is 1. The number of aromatic amines is 1. The van der Waals surface area contributed by atoms with Crippen molar-refractivity contribution in [2.24, 2.45) is 0 Å². The average Bonchev–Trinajstić information content (AvgIpc) is 3.10. The Labute approximate surface area is 156 Å². The summed E-state index contributed by atoms with van der Waals surface area (Å²) in [5.74, 6) is -0.204. The molecule has 0 aliphatic carbocycles. The third-order valence-electron chi connectivity index (χ3n) is 4.42. The van der Waals surface area contributed by atoms with E-state index in [9.17, 15) is 4.79 Å². The lowest BCUT2D eigenvalue weighted by Crippen LogP contribution is -2.11. The number of fused-ring (bicyclic) bond motifs is 1. The van der Waals surface area contributed by atoms with Gasteiger partial charge in [-0.15, -0.1) is 0 Å². The Hall–Kier alpha value is -3.67. The van der Waals surface area contributed by atoms with E-state index in [0.29, 0.717) is 11.3 Å². The number of anilines is 2. The molecule has 4 rings (SSSR count). The molecule has 27 heavy (non-hydrogen) atoms. The van der Waals surface area contributed by atoms with Crippen molar-refractivity contribution < 1.29 is 4.79 Å². The monoisotopic (exact) mass is 357 g/mol. The summed E-state index contributed by atoms with van der Waals surface area (Å²) in [4.78, 5) is 26.1. The van der Waals surface area contributed by atoms with Crippen molar-refractivity contribution in [1.29, 1.82) is 0 Å². The van der Waals surface area contributed by atoms with Crippen LogP contribution >= 0.6 is 0 Å². The molecule has 0 saturated heterocycles. The van der Waals surface area contributed by atoms with Crippen molar-refractivity contribution in [3.05, 3.63) is 72.8 Å². The fourth-order valence-corrected chi connectivity index (χ4v) is 2.91. The van der Waals surface area contributed by atoms with E-state index < -0.39 is 0 Å². The van der Waals surface area contributed by atoms with E-state index in [-0.39, 0.29) is 5.91 Å². The maximum absolute atomic E-state index is 12.4. The lowest BCUT2D eigenvalue weighted by molar-refractivity contribution is 0.102. The molecule has 0 fully saturated rings. The van der Waals surface area contributed by atoms with Crippen LogP contribution in [0.1, 0.15) is 10.4 Å². The summed E-state index contributed by atoms with van der Waals surface area (Å²) in [6.45, 7) is 0. The van der Waals surface area contributed by atoms with E-state index >= 15 is 0 Å². The molecule has 6 nitrogen and oxygen atoms in total.